The summed E-state index contributed by atoms with van der Waals surface area (Å²) in [6.45, 7) is 1.69. The lowest BCUT2D eigenvalue weighted by atomic mass is 10.1. The van der Waals surface area contributed by atoms with Gasteiger partial charge >= 0.3 is 6.18 Å². The van der Waals surface area contributed by atoms with Gasteiger partial charge in [-0.3, -0.25) is 9.48 Å². The van der Waals surface area contributed by atoms with Crippen molar-refractivity contribution in [3.05, 3.63) is 94.1 Å². The third kappa shape index (κ3) is 4.78. The molecule has 0 fully saturated rings. The van der Waals surface area contributed by atoms with Gasteiger partial charge < -0.3 is 0 Å². The van der Waals surface area contributed by atoms with Crippen LogP contribution in [0.1, 0.15) is 27.2 Å². The summed E-state index contributed by atoms with van der Waals surface area (Å²) in [5, 5.41) is 4.52. The van der Waals surface area contributed by atoms with E-state index in [1.807, 2.05) is 4.72 Å². The Labute approximate surface area is 198 Å². The molecule has 176 valence electrons. The van der Waals surface area contributed by atoms with Crippen LogP contribution >= 0.6 is 11.6 Å². The number of fused-ring (bicyclic) bond motifs is 1. The Hall–Kier alpha value is -3.37. The number of hydrogen-bond donors (Lipinski definition) is 1. The second-order valence-corrected chi connectivity index (χ2v) is 9.67. The molecule has 4 aromatic rings. The first-order valence-corrected chi connectivity index (χ1v) is 11.8. The van der Waals surface area contributed by atoms with E-state index in [1.165, 1.54) is 22.9 Å². The molecule has 3 aromatic carbocycles. The van der Waals surface area contributed by atoms with Crippen molar-refractivity contribution in [1.82, 2.24) is 14.5 Å². The third-order valence-electron chi connectivity index (χ3n) is 5.10. The molecule has 0 saturated carbocycles. The molecule has 0 saturated heterocycles. The Kier molecular flexibility index (Phi) is 6.13. The van der Waals surface area contributed by atoms with Gasteiger partial charge in [0.05, 0.1) is 22.5 Å². The summed E-state index contributed by atoms with van der Waals surface area (Å²) < 4.78 is 67.6. The standard InChI is InChI=1S/C23H17ClF3N3O3S/c1-14-5-4-6-17(11-14)34(32,33)29-22(31)21-18-7-2-3-8-20(18)30(28-21)13-15-9-10-16(12-19(15)24)23(25,26)27/h2-12H,13H2,1H3,(H,29,31). The average molecular weight is 508 g/mol. The van der Waals surface area contributed by atoms with E-state index in [0.29, 0.717) is 22.0 Å². The smallest absolute Gasteiger partial charge is 0.266 e. The van der Waals surface area contributed by atoms with Gasteiger partial charge in [0.1, 0.15) is 0 Å². The highest BCUT2D eigenvalue weighted by Crippen LogP contribution is 2.32. The maximum Gasteiger partial charge on any atom is 0.416 e. The number of benzene rings is 3. The highest BCUT2D eigenvalue weighted by Gasteiger charge is 2.31. The summed E-state index contributed by atoms with van der Waals surface area (Å²) in [7, 11) is -4.15. The molecule has 34 heavy (non-hydrogen) atoms. The zero-order valence-electron chi connectivity index (χ0n) is 17.6. The van der Waals surface area contributed by atoms with Crippen LogP contribution in [0.2, 0.25) is 5.02 Å². The van der Waals surface area contributed by atoms with Crippen LogP contribution in [0, 0.1) is 6.92 Å². The summed E-state index contributed by atoms with van der Waals surface area (Å²) in [6, 6.07) is 15.7. The number of halogens is 4. The molecule has 0 aliphatic heterocycles. The second-order valence-electron chi connectivity index (χ2n) is 7.58. The van der Waals surface area contributed by atoms with Gasteiger partial charge in [-0.25, -0.2) is 13.1 Å². The van der Waals surface area contributed by atoms with Crippen LogP contribution in [0.25, 0.3) is 10.9 Å². The minimum absolute atomic E-state index is 0.0323. The lowest BCUT2D eigenvalue weighted by molar-refractivity contribution is -0.137. The van der Waals surface area contributed by atoms with Gasteiger partial charge in [0.25, 0.3) is 15.9 Å². The van der Waals surface area contributed by atoms with Crippen molar-refractivity contribution in [3.8, 4) is 0 Å². The van der Waals surface area contributed by atoms with Gasteiger partial charge in [-0.05, 0) is 48.4 Å². The molecule has 0 aliphatic carbocycles. The molecule has 1 N–H and O–H groups in total. The first kappa shape index (κ1) is 23.8. The van der Waals surface area contributed by atoms with E-state index >= 15 is 0 Å². The molecule has 0 aliphatic rings. The number of nitrogens with one attached hydrogen (secondary N) is 1. The van der Waals surface area contributed by atoms with Crippen LogP contribution in [0.15, 0.2) is 71.6 Å². The fourth-order valence-corrected chi connectivity index (χ4v) is 4.74. The minimum atomic E-state index is -4.53. The van der Waals surface area contributed by atoms with E-state index < -0.39 is 27.7 Å². The normalized spacial score (nSPS) is 12.1. The minimum Gasteiger partial charge on any atom is -0.266 e. The lowest BCUT2D eigenvalue weighted by Gasteiger charge is -2.10. The summed E-state index contributed by atoms with van der Waals surface area (Å²) in [5.41, 5.74) is 0.514. The number of nitrogens with zero attached hydrogens (tertiary/aromatic N) is 2. The molecule has 0 bridgehead atoms. The highest BCUT2D eigenvalue weighted by molar-refractivity contribution is 7.90. The van der Waals surface area contributed by atoms with Crippen molar-refractivity contribution in [1.29, 1.82) is 0 Å². The number of para-hydroxylation sites is 1. The van der Waals surface area contributed by atoms with Crippen molar-refractivity contribution < 1.29 is 26.4 Å². The number of alkyl halides is 3. The predicted molar refractivity (Wildman–Crippen MR) is 121 cm³/mol. The number of carbonyl (C=O) groups is 1. The topological polar surface area (TPSA) is 81.1 Å². The molecule has 0 unspecified atom stereocenters. The predicted octanol–water partition coefficient (Wildman–Crippen LogP) is 5.18. The highest BCUT2D eigenvalue weighted by atomic mass is 35.5. The van der Waals surface area contributed by atoms with Gasteiger partial charge in [0, 0.05) is 10.4 Å². The zero-order chi connectivity index (χ0) is 24.7. The molecular weight excluding hydrogens is 491 g/mol. The Morgan fingerprint density at radius 3 is 2.47 bits per heavy atom. The number of aryl methyl sites for hydroxylation is 1. The van der Waals surface area contributed by atoms with E-state index in [4.69, 9.17) is 11.6 Å². The van der Waals surface area contributed by atoms with Crippen molar-refractivity contribution in [2.75, 3.05) is 0 Å². The first-order chi connectivity index (χ1) is 16.0. The maximum absolute atomic E-state index is 12.9. The van der Waals surface area contributed by atoms with Crippen molar-refractivity contribution in [2.24, 2.45) is 0 Å². The van der Waals surface area contributed by atoms with Crippen LogP contribution in [-0.4, -0.2) is 24.1 Å². The molecule has 11 heteroatoms. The lowest BCUT2D eigenvalue weighted by Crippen LogP contribution is -2.31. The number of hydrogen-bond acceptors (Lipinski definition) is 4. The number of aromatic nitrogens is 2. The molecule has 4 rings (SSSR count). The van der Waals surface area contributed by atoms with Crippen LogP contribution in [0.5, 0.6) is 0 Å². The van der Waals surface area contributed by atoms with E-state index in [9.17, 15) is 26.4 Å². The molecular formula is C23H17ClF3N3O3S. The van der Waals surface area contributed by atoms with E-state index in [0.717, 1.165) is 12.1 Å². The van der Waals surface area contributed by atoms with Crippen molar-refractivity contribution >= 4 is 38.4 Å². The van der Waals surface area contributed by atoms with Gasteiger partial charge in [-0.2, -0.15) is 18.3 Å². The second kappa shape index (κ2) is 8.77. The number of sulfonamides is 1. The first-order valence-electron chi connectivity index (χ1n) is 9.91. The third-order valence-corrected chi connectivity index (χ3v) is 6.78. The average Bonchev–Trinajstić information content (AvgIpc) is 3.13. The largest absolute Gasteiger partial charge is 0.416 e. The quantitative estimate of drug-likeness (QED) is 0.403. The monoisotopic (exact) mass is 507 g/mol. The van der Waals surface area contributed by atoms with E-state index in [1.54, 1.807) is 43.3 Å². The molecule has 0 spiro atoms. The van der Waals surface area contributed by atoms with Crippen LogP contribution < -0.4 is 4.72 Å². The molecule has 6 nitrogen and oxygen atoms in total. The van der Waals surface area contributed by atoms with E-state index in [2.05, 4.69) is 5.10 Å². The van der Waals surface area contributed by atoms with Crippen molar-refractivity contribution in [2.45, 2.75) is 24.5 Å². The fraction of sp³-hybridized carbons (Fsp3) is 0.130. The Morgan fingerprint density at radius 2 is 1.79 bits per heavy atom. The van der Waals surface area contributed by atoms with Crippen LogP contribution in [0.4, 0.5) is 13.2 Å². The molecule has 0 atom stereocenters. The molecule has 1 heterocycles. The van der Waals surface area contributed by atoms with Gasteiger partial charge in [0.2, 0.25) is 0 Å². The summed E-state index contributed by atoms with van der Waals surface area (Å²) in [5.74, 6) is -0.935. The van der Waals surface area contributed by atoms with Gasteiger partial charge in [-0.1, -0.05) is 48.0 Å². The Balaban J connectivity index is 1.68. The molecule has 1 amide bonds. The summed E-state index contributed by atoms with van der Waals surface area (Å²) in [4.78, 5) is 12.8. The van der Waals surface area contributed by atoms with Crippen LogP contribution in [0.3, 0.4) is 0 Å². The number of carbonyl (C=O) groups excluding carboxylic acids is 1. The van der Waals surface area contributed by atoms with Crippen LogP contribution in [-0.2, 0) is 22.7 Å². The van der Waals surface area contributed by atoms with Gasteiger partial charge in [-0.15, -0.1) is 0 Å². The maximum atomic E-state index is 12.9. The molecule has 1 aromatic heterocycles. The Morgan fingerprint density at radius 1 is 1.06 bits per heavy atom. The number of amides is 1. The van der Waals surface area contributed by atoms with Gasteiger partial charge in [0.15, 0.2) is 5.69 Å². The fourth-order valence-electron chi connectivity index (χ4n) is 3.44. The summed E-state index contributed by atoms with van der Waals surface area (Å²) >= 11 is 6.07. The number of rotatable bonds is 5. The van der Waals surface area contributed by atoms with Crippen molar-refractivity contribution in [3.63, 3.8) is 0 Å². The zero-order valence-corrected chi connectivity index (χ0v) is 19.2. The van der Waals surface area contributed by atoms with E-state index in [-0.39, 0.29) is 22.2 Å². The summed E-state index contributed by atoms with van der Waals surface area (Å²) in [6.07, 6.45) is -4.53. The SMILES string of the molecule is Cc1cccc(S(=O)(=O)NC(=O)c2nn(Cc3ccc(C(F)(F)F)cc3Cl)c3ccccc23)c1. The Bertz CT molecular complexity index is 1510. The molecule has 0 radical (unpaired) electrons.